The third-order valence-corrected chi connectivity index (χ3v) is 0. The summed E-state index contributed by atoms with van der Waals surface area (Å²) in [5, 5.41) is 0. The van der Waals surface area contributed by atoms with Crippen molar-refractivity contribution in [1.29, 1.82) is 0 Å². The molecule has 0 aromatic heterocycles. The monoisotopic (exact) mass is 379 g/mol. The maximum Gasteiger partial charge on any atom is 2.00 e. The smallest absolute Gasteiger partial charge is 1.00 e. The first-order valence-corrected chi connectivity index (χ1v) is 0. The standard InChI is InChI=1S/2Be.Co.8FH.2H3N.6H2O/h;;;8*1H;2*1H3;6*1H2/q3*+2;;;;;;;;;;;;;;;;. The van der Waals surface area contributed by atoms with Gasteiger partial charge < -0.3 is 82.8 Å². The van der Waals surface area contributed by atoms with E-state index < -0.39 is 0 Å². The summed E-state index contributed by atoms with van der Waals surface area (Å²) < 4.78 is 0. The molecule has 0 saturated heterocycles. The van der Waals surface area contributed by atoms with Gasteiger partial charge in [0.15, 0.2) is 0 Å². The maximum atomic E-state index is 0. The molecule has 135 valence electrons. The van der Waals surface area contributed by atoms with Crippen molar-refractivity contribution < 1.29 is 87.3 Å². The Hall–Kier alpha value is -0.0358. The summed E-state index contributed by atoms with van der Waals surface area (Å²) in [7, 11) is 0. The van der Waals surface area contributed by atoms with Gasteiger partial charge in [0, 0.05) is 0 Å². The molecule has 0 aliphatic heterocycles. The van der Waals surface area contributed by atoms with Gasteiger partial charge in [0.2, 0.25) is 0 Å². The summed E-state index contributed by atoms with van der Waals surface area (Å²) in [5.74, 6) is 0. The van der Waals surface area contributed by atoms with E-state index in [1.54, 1.807) is 0 Å². The van der Waals surface area contributed by atoms with E-state index in [-0.39, 0.29) is 120 Å². The van der Waals surface area contributed by atoms with Crippen LogP contribution in [0.4, 0.5) is 0 Å². The second kappa shape index (κ2) is 4020000. The molecule has 1 radical (unpaired) electrons. The molecule has 26 N–H and O–H groups in total. The number of hydrogen-bond acceptors (Lipinski definition) is 0. The van der Waals surface area contributed by atoms with Crippen molar-refractivity contribution in [2.24, 2.45) is 0 Å². The van der Waals surface area contributed by atoms with Crippen molar-refractivity contribution in [3.05, 3.63) is 0 Å². The first-order valence-electron chi connectivity index (χ1n) is 0. The minimum atomic E-state index is 0. The van der Waals surface area contributed by atoms with E-state index >= 15 is 0 Å². The Kier molecular flexibility index (Phi) is 1010000000000. The molecule has 0 unspecified atom stereocenters. The zero-order valence-corrected chi connectivity index (χ0v) is 11.3. The summed E-state index contributed by atoms with van der Waals surface area (Å²) >= 11 is 0. The Labute approximate surface area is 121 Å². The quantitative estimate of drug-likeness (QED) is 0.225. The van der Waals surface area contributed by atoms with E-state index in [4.69, 9.17) is 0 Å². The third kappa shape index (κ3) is 3560000. The van der Waals surface area contributed by atoms with Gasteiger partial charge in [-0.25, -0.2) is 0 Å². The minimum absolute atomic E-state index is 0. The van der Waals surface area contributed by atoms with Crippen molar-refractivity contribution in [2.75, 3.05) is 0 Å². The molecule has 8 nitrogen and oxygen atoms in total. The van der Waals surface area contributed by atoms with Crippen LogP contribution in [-0.2, 0) is 49.6 Å². The van der Waals surface area contributed by atoms with Gasteiger partial charge in [-0.15, -0.1) is 0 Å². The first-order chi connectivity index (χ1) is 0. The van der Waals surface area contributed by atoms with Gasteiger partial charge in [-0.05, 0) is 0 Å². The largest absolute Gasteiger partial charge is 2.00 e. The molecule has 0 saturated carbocycles. The van der Waals surface area contributed by atoms with E-state index in [0.29, 0.717) is 0 Å². The average Bonchev–Trinajstić information content (AvgIpc) is 0. The summed E-state index contributed by atoms with van der Waals surface area (Å²) in [6.07, 6.45) is 0. The van der Waals surface area contributed by atoms with Crippen LogP contribution in [0.1, 0.15) is 0 Å². The SMILES string of the molecule is [Be+2].[Be+2].[Co+2].[F-].[F-].[F-].[F-].[F-].[F-].[F-].[F-].[NH4+].[NH4+].[OH3+].[OH3+].[OH3+].[OH3+].[OH3+].[OH3+]. The molecule has 19 heteroatoms. The van der Waals surface area contributed by atoms with Crippen molar-refractivity contribution in [3.63, 3.8) is 0 Å². The van der Waals surface area contributed by atoms with Crippen LogP contribution in [0.15, 0.2) is 0 Å². The van der Waals surface area contributed by atoms with Gasteiger partial charge >= 0.3 is 37.0 Å². The van der Waals surface area contributed by atoms with E-state index in [0.717, 1.165) is 0 Å². The predicted molar refractivity (Wildman–Crippen MR) is 52.7 cm³/mol. The van der Waals surface area contributed by atoms with Crippen LogP contribution in [0.3, 0.4) is 0 Å². The van der Waals surface area contributed by atoms with Crippen molar-refractivity contribution >= 4 is 20.2 Å². The topological polar surface area (TPSA) is 271 Å². The second-order valence-corrected chi connectivity index (χ2v) is 0. The van der Waals surface area contributed by atoms with Gasteiger partial charge in [-0.1, -0.05) is 0 Å². The fourth-order valence-corrected chi connectivity index (χ4v) is 0. The average molecular weight is 379 g/mol. The molecule has 0 aromatic carbocycles. The van der Waals surface area contributed by atoms with Crippen molar-refractivity contribution in [3.8, 4) is 0 Å². The summed E-state index contributed by atoms with van der Waals surface area (Å²) in [6, 6.07) is 0. The van der Waals surface area contributed by atoms with Gasteiger partial charge in [0.05, 0.1) is 0 Å². The molecule has 0 bridgehead atoms. The fourth-order valence-electron chi connectivity index (χ4n) is 0. The molecule has 0 aliphatic rings. The predicted octanol–water partition coefficient (Wildman–Crippen LogP) is -29.5. The minimum Gasteiger partial charge on any atom is -1.00 e. The molecule has 0 heterocycles. The van der Waals surface area contributed by atoms with E-state index in [9.17, 15) is 0 Å². The van der Waals surface area contributed by atoms with Crippen molar-refractivity contribution in [1.82, 2.24) is 12.3 Å². The van der Waals surface area contributed by atoms with Crippen LogP contribution in [0, 0.1) is 0 Å². The van der Waals surface area contributed by atoms with E-state index in [1.807, 2.05) is 0 Å². The van der Waals surface area contributed by atoms with Gasteiger partial charge in [0.1, 0.15) is 0 Å². The summed E-state index contributed by atoms with van der Waals surface area (Å²) in [4.78, 5) is 0. The Morgan fingerprint density at radius 3 is 0.263 bits per heavy atom. The zero-order chi connectivity index (χ0) is 0. The molecule has 0 aliphatic carbocycles. The Bertz CT molecular complexity index is 37.2. The summed E-state index contributed by atoms with van der Waals surface area (Å²) in [6.45, 7) is 0. The van der Waals surface area contributed by atoms with Crippen LogP contribution in [0.2, 0.25) is 0 Å². The normalized spacial score (nSPS) is 0. The zero-order valence-electron chi connectivity index (χ0n) is 10.2. The Morgan fingerprint density at radius 2 is 0.263 bits per heavy atom. The molecule has 0 atom stereocenters. The van der Waals surface area contributed by atoms with E-state index in [2.05, 4.69) is 0 Å². The van der Waals surface area contributed by atoms with Crippen LogP contribution in [0.25, 0.3) is 0 Å². The summed E-state index contributed by atoms with van der Waals surface area (Å²) in [5.41, 5.74) is 0. The molecule has 0 fully saturated rings. The molecule has 19 heavy (non-hydrogen) atoms. The third-order valence-electron chi connectivity index (χ3n) is 0. The Balaban J connectivity index is 0. The molecule has 0 amide bonds. The van der Waals surface area contributed by atoms with Crippen LogP contribution >= 0.6 is 0 Å². The van der Waals surface area contributed by atoms with Crippen LogP contribution in [-0.4, -0.2) is 20.2 Å². The second-order valence-electron chi connectivity index (χ2n) is 0. The molecular weight excluding hydrogens is 353 g/mol. The first kappa shape index (κ1) is 4760000. The van der Waals surface area contributed by atoms with Gasteiger partial charge in [0.25, 0.3) is 0 Å². The molecule has 0 aromatic rings. The number of quaternary nitrogens is 2. The van der Waals surface area contributed by atoms with Crippen LogP contribution in [0.5, 0.6) is 0 Å². The molecular formula is H26Be2CoF8N2O6+6. The number of rotatable bonds is 0. The molecule has 0 spiro atoms. The van der Waals surface area contributed by atoms with Crippen LogP contribution < -0.4 is 49.9 Å². The maximum absolute atomic E-state index is 0. The number of halogens is 8. The fraction of sp³-hybridized carbons (Fsp3) is 0. The van der Waals surface area contributed by atoms with Gasteiger partial charge in [-0.2, -0.15) is 0 Å². The number of hydrogen-bond donors (Lipinski definition) is 2. The van der Waals surface area contributed by atoms with Crippen molar-refractivity contribution in [2.45, 2.75) is 0 Å². The Morgan fingerprint density at radius 1 is 0.263 bits per heavy atom. The van der Waals surface area contributed by atoms with E-state index in [1.165, 1.54) is 0 Å². The van der Waals surface area contributed by atoms with Gasteiger partial charge in [-0.3, -0.25) is 0 Å². The molecule has 0 rings (SSSR count).